The van der Waals surface area contributed by atoms with Crippen LogP contribution in [0.5, 0.6) is 0 Å². The summed E-state index contributed by atoms with van der Waals surface area (Å²) in [5, 5.41) is 0. The van der Waals surface area contributed by atoms with Gasteiger partial charge in [0, 0.05) is 75.6 Å². The fraction of sp³-hybridized carbons (Fsp3) is 0. The average Bonchev–Trinajstić information content (AvgIpc) is 3.21. The third-order valence-electron chi connectivity index (χ3n) is 8.27. The molecule has 0 unspecified atom stereocenters. The highest BCUT2D eigenvalue weighted by molar-refractivity contribution is 5.81. The highest BCUT2D eigenvalue weighted by atomic mass is 15.2. The summed E-state index contributed by atoms with van der Waals surface area (Å²) in [6.07, 6.45) is 7.00. The summed E-state index contributed by atoms with van der Waals surface area (Å²) in [6.45, 7) is 0. The fourth-order valence-electron chi connectivity index (χ4n) is 5.89. The molecule has 8 rings (SSSR count). The molecular weight excluding hydrogens is 615 g/mol. The molecule has 8 aromatic rings. The van der Waals surface area contributed by atoms with Gasteiger partial charge in [-0.25, -0.2) is 15.0 Å². The van der Waals surface area contributed by atoms with Crippen LogP contribution >= 0.6 is 0 Å². The topological polar surface area (TPSA) is 70.9 Å². The van der Waals surface area contributed by atoms with E-state index < -0.39 is 0 Å². The van der Waals surface area contributed by atoms with Gasteiger partial charge in [0.25, 0.3) is 0 Å². The quantitative estimate of drug-likeness (QED) is 0.155. The summed E-state index contributed by atoms with van der Waals surface area (Å²) in [5.74, 6) is 1.68. The lowest BCUT2D eigenvalue weighted by atomic mass is 10.1. The Morgan fingerprint density at radius 1 is 0.280 bits per heavy atom. The fourth-order valence-corrected chi connectivity index (χ4v) is 5.89. The minimum atomic E-state index is 0.553. The largest absolute Gasteiger partial charge is 0.311 e. The lowest BCUT2D eigenvalue weighted by molar-refractivity contribution is 1.07. The molecule has 0 amide bonds. The Labute approximate surface area is 290 Å². The van der Waals surface area contributed by atoms with Crippen molar-refractivity contribution >= 4 is 34.1 Å². The van der Waals surface area contributed by atoms with E-state index in [1.807, 2.05) is 42.5 Å². The smallest absolute Gasteiger partial charge is 0.165 e. The number of rotatable bonds is 9. The van der Waals surface area contributed by atoms with Crippen LogP contribution < -0.4 is 9.80 Å². The van der Waals surface area contributed by atoms with E-state index >= 15 is 0 Å². The van der Waals surface area contributed by atoms with Gasteiger partial charge in [0.15, 0.2) is 17.5 Å². The maximum Gasteiger partial charge on any atom is 0.165 e. The second-order valence-corrected chi connectivity index (χ2v) is 11.5. The average molecular weight is 646 g/mol. The Kier molecular flexibility index (Phi) is 8.51. The highest BCUT2D eigenvalue weighted by Gasteiger charge is 2.17. The second kappa shape index (κ2) is 14.0. The molecule has 5 aromatic carbocycles. The monoisotopic (exact) mass is 645 g/mol. The molecule has 0 atom stereocenters. The van der Waals surface area contributed by atoms with Crippen LogP contribution in [0.25, 0.3) is 34.2 Å². The van der Waals surface area contributed by atoms with Gasteiger partial charge in [-0.15, -0.1) is 0 Å². The maximum absolute atomic E-state index is 4.87. The first-order valence-electron chi connectivity index (χ1n) is 16.3. The van der Waals surface area contributed by atoms with Gasteiger partial charge in [0.1, 0.15) is 0 Å². The number of hydrogen-bond acceptors (Lipinski definition) is 7. The van der Waals surface area contributed by atoms with Crippen LogP contribution in [0.1, 0.15) is 0 Å². The molecule has 0 N–H and O–H groups in total. The normalized spacial score (nSPS) is 10.8. The Balaban J connectivity index is 1.17. The van der Waals surface area contributed by atoms with Crippen molar-refractivity contribution in [3.63, 3.8) is 0 Å². The van der Waals surface area contributed by atoms with Crippen molar-refractivity contribution in [1.82, 2.24) is 24.9 Å². The van der Waals surface area contributed by atoms with Crippen LogP contribution in [0.3, 0.4) is 0 Å². The molecule has 0 bridgehead atoms. The predicted molar refractivity (Wildman–Crippen MR) is 201 cm³/mol. The summed E-state index contributed by atoms with van der Waals surface area (Å²) in [5.41, 5.74) is 8.85. The minimum absolute atomic E-state index is 0.553. The van der Waals surface area contributed by atoms with Crippen LogP contribution in [-0.2, 0) is 0 Å². The summed E-state index contributed by atoms with van der Waals surface area (Å²) in [4.78, 5) is 27.6. The molecule has 0 saturated carbocycles. The van der Waals surface area contributed by atoms with Crippen LogP contribution in [0.2, 0.25) is 0 Å². The van der Waals surface area contributed by atoms with Gasteiger partial charge in [-0.1, -0.05) is 54.6 Å². The predicted octanol–water partition coefficient (Wildman–Crippen LogP) is 10.6. The zero-order chi connectivity index (χ0) is 33.5. The molecule has 3 aromatic heterocycles. The number of anilines is 6. The van der Waals surface area contributed by atoms with Crippen molar-refractivity contribution in [1.29, 1.82) is 0 Å². The van der Waals surface area contributed by atoms with E-state index in [-0.39, 0.29) is 0 Å². The van der Waals surface area contributed by atoms with Crippen molar-refractivity contribution in [2.45, 2.75) is 0 Å². The summed E-state index contributed by atoms with van der Waals surface area (Å²) in [7, 11) is 0. The van der Waals surface area contributed by atoms with Crippen LogP contribution in [0.4, 0.5) is 34.1 Å². The van der Waals surface area contributed by atoms with Crippen molar-refractivity contribution in [2.24, 2.45) is 0 Å². The van der Waals surface area contributed by atoms with Crippen molar-refractivity contribution in [3.05, 3.63) is 189 Å². The van der Waals surface area contributed by atoms with Crippen molar-refractivity contribution in [2.75, 3.05) is 9.80 Å². The first-order chi connectivity index (χ1) is 24.8. The zero-order valence-corrected chi connectivity index (χ0v) is 27.0. The van der Waals surface area contributed by atoms with Crippen LogP contribution in [0, 0.1) is 0 Å². The van der Waals surface area contributed by atoms with E-state index in [0.29, 0.717) is 17.5 Å². The van der Waals surface area contributed by atoms with E-state index in [1.54, 1.807) is 24.8 Å². The summed E-state index contributed by atoms with van der Waals surface area (Å²) in [6, 6.07) is 55.9. The first-order valence-corrected chi connectivity index (χ1v) is 16.3. The van der Waals surface area contributed by atoms with Crippen molar-refractivity contribution < 1.29 is 0 Å². The minimum Gasteiger partial charge on any atom is -0.311 e. The molecule has 0 spiro atoms. The van der Waals surface area contributed by atoms with E-state index in [4.69, 9.17) is 15.0 Å². The molecule has 0 saturated heterocycles. The van der Waals surface area contributed by atoms with Crippen LogP contribution in [-0.4, -0.2) is 24.9 Å². The van der Waals surface area contributed by atoms with E-state index in [9.17, 15) is 0 Å². The van der Waals surface area contributed by atoms with Gasteiger partial charge in [-0.3, -0.25) is 9.97 Å². The van der Waals surface area contributed by atoms with Crippen molar-refractivity contribution in [3.8, 4) is 34.2 Å². The van der Waals surface area contributed by atoms with Gasteiger partial charge < -0.3 is 9.80 Å². The molecule has 50 heavy (non-hydrogen) atoms. The van der Waals surface area contributed by atoms with E-state index in [0.717, 1.165) is 50.8 Å². The van der Waals surface area contributed by atoms with E-state index in [2.05, 4.69) is 141 Å². The number of para-hydroxylation sites is 3. The van der Waals surface area contributed by atoms with Gasteiger partial charge in [-0.05, 0) is 109 Å². The first kappa shape index (κ1) is 30.4. The SMILES string of the molecule is c1ccc(N(c2ccccc2)c2ccc(N(c3ccccc3)c3ccc(-c4nc(-c5cccnc5)nc(-c5cccnc5)n4)cc3)cc2)cc1. The zero-order valence-electron chi connectivity index (χ0n) is 27.0. The Hall–Kier alpha value is -6.99. The molecule has 0 aliphatic rings. The number of nitrogens with zero attached hydrogens (tertiary/aromatic N) is 7. The third-order valence-corrected chi connectivity index (χ3v) is 8.27. The second-order valence-electron chi connectivity index (χ2n) is 11.5. The molecule has 7 nitrogen and oxygen atoms in total. The number of aromatic nitrogens is 5. The molecule has 0 aliphatic heterocycles. The molecule has 3 heterocycles. The molecule has 7 heteroatoms. The Morgan fingerprint density at radius 2 is 0.600 bits per heavy atom. The number of pyridine rings is 2. The van der Waals surface area contributed by atoms with Gasteiger partial charge >= 0.3 is 0 Å². The third kappa shape index (κ3) is 6.43. The maximum atomic E-state index is 4.87. The lowest BCUT2D eigenvalue weighted by Crippen LogP contribution is -2.12. The lowest BCUT2D eigenvalue weighted by Gasteiger charge is -2.28. The Morgan fingerprint density at radius 3 is 0.940 bits per heavy atom. The van der Waals surface area contributed by atoms with Gasteiger partial charge in [0.05, 0.1) is 0 Å². The number of hydrogen-bond donors (Lipinski definition) is 0. The van der Waals surface area contributed by atoms with Crippen LogP contribution in [0.15, 0.2) is 189 Å². The Bertz CT molecular complexity index is 2190. The van der Waals surface area contributed by atoms with Gasteiger partial charge in [-0.2, -0.15) is 0 Å². The summed E-state index contributed by atoms with van der Waals surface area (Å²) >= 11 is 0. The summed E-state index contributed by atoms with van der Waals surface area (Å²) < 4.78 is 0. The highest BCUT2D eigenvalue weighted by Crippen LogP contribution is 2.39. The van der Waals surface area contributed by atoms with Gasteiger partial charge in [0.2, 0.25) is 0 Å². The molecule has 238 valence electrons. The molecule has 0 aliphatic carbocycles. The molecule has 0 fully saturated rings. The molecular formula is C43H31N7. The van der Waals surface area contributed by atoms with E-state index in [1.165, 1.54) is 0 Å². The standard InChI is InChI=1S/C43H31N7/c1-4-14-35(15-5-1)49(36-16-6-2-7-17-36)39-24-26-40(27-25-39)50(37-18-8-3-9-19-37)38-22-20-32(21-23-38)41-46-42(33-12-10-28-44-30-33)48-43(47-41)34-13-11-29-45-31-34/h1-31H. The number of benzene rings is 5. The molecule has 0 radical (unpaired) electrons.